The van der Waals surface area contributed by atoms with Crippen molar-refractivity contribution in [2.45, 2.75) is 47.1 Å². The van der Waals surface area contributed by atoms with Crippen LogP contribution in [0.5, 0.6) is 0 Å². The van der Waals surface area contributed by atoms with E-state index >= 15 is 0 Å². The van der Waals surface area contributed by atoms with Gasteiger partial charge in [0, 0.05) is 57.5 Å². The highest BCUT2D eigenvalue weighted by Crippen LogP contribution is 2.18. The Morgan fingerprint density at radius 3 is 1.92 bits per heavy atom. The molecule has 36 heavy (non-hydrogen) atoms. The number of rotatable bonds is 8. The highest BCUT2D eigenvalue weighted by atomic mass is 15.3. The van der Waals surface area contributed by atoms with Gasteiger partial charge in [-0.1, -0.05) is 39.8 Å². The molecule has 2 heterocycles. The molecule has 1 unspecified atom stereocenters. The summed E-state index contributed by atoms with van der Waals surface area (Å²) in [7, 11) is 0. The first-order valence-corrected chi connectivity index (χ1v) is 13.7. The van der Waals surface area contributed by atoms with E-state index in [2.05, 4.69) is 91.8 Å². The van der Waals surface area contributed by atoms with Gasteiger partial charge in [-0.15, -0.1) is 0 Å². The van der Waals surface area contributed by atoms with Gasteiger partial charge in [-0.3, -0.25) is 4.90 Å². The smallest absolute Gasteiger partial charge is 0.232 e. The van der Waals surface area contributed by atoms with Gasteiger partial charge in [0.15, 0.2) is 0 Å². The van der Waals surface area contributed by atoms with Crippen LogP contribution in [-0.2, 0) is 6.42 Å². The number of hydrogen-bond donors (Lipinski definition) is 2. The molecule has 1 atom stereocenters. The average molecular weight is 498 g/mol. The lowest BCUT2D eigenvalue weighted by Crippen LogP contribution is -2.50. The van der Waals surface area contributed by atoms with Crippen LogP contribution in [0.2, 0.25) is 0 Å². The Morgan fingerprint density at radius 2 is 1.36 bits per heavy atom. The third-order valence-corrected chi connectivity index (χ3v) is 7.35. The first-order chi connectivity index (χ1) is 17.4. The summed E-state index contributed by atoms with van der Waals surface area (Å²) in [6.07, 6.45) is 1.03. The molecule has 1 aliphatic rings. The summed E-state index contributed by atoms with van der Waals surface area (Å²) < 4.78 is 0. The average Bonchev–Trinajstić information content (AvgIpc) is 2.86. The van der Waals surface area contributed by atoms with Gasteiger partial charge in [-0.2, -0.15) is 15.0 Å². The quantitative estimate of drug-likeness (QED) is 0.571. The van der Waals surface area contributed by atoms with Crippen molar-refractivity contribution in [3.05, 3.63) is 35.7 Å². The molecule has 2 aromatic rings. The lowest BCUT2D eigenvalue weighted by molar-refractivity contribution is 0.105. The monoisotopic (exact) mass is 497 g/mol. The summed E-state index contributed by atoms with van der Waals surface area (Å²) in [5.41, 5.74) is 8.07. The summed E-state index contributed by atoms with van der Waals surface area (Å²) in [4.78, 5) is 23.1. The summed E-state index contributed by atoms with van der Waals surface area (Å²) >= 11 is 0. The van der Waals surface area contributed by atoms with Crippen LogP contribution in [0.3, 0.4) is 0 Å². The minimum absolute atomic E-state index is 0.230. The van der Waals surface area contributed by atoms with Crippen molar-refractivity contribution in [1.82, 2.24) is 34.6 Å². The fraction of sp³-hybridized carbons (Fsp3) is 0.667. The van der Waals surface area contributed by atoms with Crippen LogP contribution >= 0.6 is 0 Å². The van der Waals surface area contributed by atoms with Crippen molar-refractivity contribution in [2.24, 2.45) is 0 Å². The predicted molar refractivity (Wildman–Crippen MR) is 150 cm³/mol. The minimum Gasteiger partial charge on any atom is -0.368 e. The number of anilines is 3. The Hall–Kier alpha value is -2.33. The second kappa shape index (κ2) is 14.4. The topological polar surface area (TPSA) is 89.7 Å². The van der Waals surface area contributed by atoms with Crippen LogP contribution in [0.15, 0.2) is 24.3 Å². The van der Waals surface area contributed by atoms with E-state index in [1.165, 1.54) is 5.56 Å². The number of likely N-dealkylation sites (N-methyl/N-ethyl adjacent to an activating group) is 4. The zero-order valence-corrected chi connectivity index (χ0v) is 23.1. The molecular formula is C27H47N9. The molecule has 1 aromatic carbocycles. The lowest BCUT2D eigenvalue weighted by atomic mass is 10.0. The second-order valence-electron chi connectivity index (χ2n) is 9.63. The molecule has 200 valence electrons. The number of aromatic nitrogens is 3. The Labute approximate surface area is 218 Å². The van der Waals surface area contributed by atoms with Gasteiger partial charge >= 0.3 is 0 Å². The normalized spacial score (nSPS) is 20.1. The Bertz CT molecular complexity index is 884. The fourth-order valence-corrected chi connectivity index (χ4v) is 4.96. The highest BCUT2D eigenvalue weighted by Gasteiger charge is 2.22. The van der Waals surface area contributed by atoms with Crippen molar-refractivity contribution in [2.75, 3.05) is 83.0 Å². The number of hydrogen-bond acceptors (Lipinski definition) is 9. The van der Waals surface area contributed by atoms with Crippen molar-refractivity contribution in [1.29, 1.82) is 0 Å². The number of benzene rings is 1. The van der Waals surface area contributed by atoms with E-state index in [1.54, 1.807) is 0 Å². The van der Waals surface area contributed by atoms with Gasteiger partial charge in [0.2, 0.25) is 11.9 Å². The standard InChI is InChI=1S/C27H47N9/c1-6-33-14-15-34(7-2)18-19-36(9-4)25(21-35(8-3)17-16-33)20-23-10-12-24(13-11-23)31-27-30-22(5)29-26(28)32-27/h10-13,25H,6-9,14-21H2,1-5H3,(H3,28,29,30,31,32). The number of aryl methyl sites for hydroxylation is 1. The van der Waals surface area contributed by atoms with Gasteiger partial charge in [-0.25, -0.2) is 0 Å². The Morgan fingerprint density at radius 1 is 0.778 bits per heavy atom. The van der Waals surface area contributed by atoms with Gasteiger partial charge in [0.25, 0.3) is 0 Å². The molecule has 0 amide bonds. The van der Waals surface area contributed by atoms with Crippen LogP contribution in [0, 0.1) is 6.92 Å². The molecule has 1 aliphatic heterocycles. The molecule has 0 spiro atoms. The second-order valence-corrected chi connectivity index (χ2v) is 9.63. The molecule has 0 bridgehead atoms. The molecule has 1 aromatic heterocycles. The number of nitrogens with zero attached hydrogens (tertiary/aromatic N) is 7. The molecule has 1 fully saturated rings. The van der Waals surface area contributed by atoms with Gasteiger partial charge in [0.05, 0.1) is 0 Å². The fourth-order valence-electron chi connectivity index (χ4n) is 4.96. The van der Waals surface area contributed by atoms with E-state index in [4.69, 9.17) is 5.73 Å². The van der Waals surface area contributed by atoms with Gasteiger partial charge in [-0.05, 0) is 57.2 Å². The summed E-state index contributed by atoms with van der Waals surface area (Å²) in [5, 5.41) is 3.25. The van der Waals surface area contributed by atoms with Crippen molar-refractivity contribution in [3.8, 4) is 0 Å². The maximum atomic E-state index is 5.77. The van der Waals surface area contributed by atoms with Crippen molar-refractivity contribution >= 4 is 17.6 Å². The summed E-state index contributed by atoms with van der Waals surface area (Å²) in [5.74, 6) is 1.31. The van der Waals surface area contributed by atoms with E-state index in [0.717, 1.165) is 84.1 Å². The Balaban J connectivity index is 1.73. The molecule has 9 heteroatoms. The van der Waals surface area contributed by atoms with E-state index in [0.29, 0.717) is 17.8 Å². The van der Waals surface area contributed by atoms with Crippen LogP contribution in [0.1, 0.15) is 39.1 Å². The molecule has 0 radical (unpaired) electrons. The third kappa shape index (κ3) is 8.65. The van der Waals surface area contributed by atoms with Crippen LogP contribution in [0.25, 0.3) is 0 Å². The molecule has 3 N–H and O–H groups in total. The molecule has 1 saturated heterocycles. The van der Waals surface area contributed by atoms with E-state index in [9.17, 15) is 0 Å². The SMILES string of the molecule is CCN1CCN(CC)CCN(CC)C(Cc2ccc(Nc3nc(C)nc(N)n3)cc2)CN(CC)CC1. The number of nitrogens with one attached hydrogen (secondary N) is 1. The summed E-state index contributed by atoms with van der Waals surface area (Å²) in [6.45, 7) is 23.3. The first-order valence-electron chi connectivity index (χ1n) is 13.7. The van der Waals surface area contributed by atoms with Crippen LogP contribution in [-0.4, -0.2) is 113 Å². The molecular weight excluding hydrogens is 450 g/mol. The van der Waals surface area contributed by atoms with Crippen molar-refractivity contribution in [3.63, 3.8) is 0 Å². The molecule has 0 saturated carbocycles. The van der Waals surface area contributed by atoms with Crippen LogP contribution in [0.4, 0.5) is 17.6 Å². The first kappa shape index (κ1) is 28.2. The summed E-state index contributed by atoms with van der Waals surface area (Å²) in [6, 6.07) is 9.12. The number of nitrogens with two attached hydrogens (primary N) is 1. The highest BCUT2D eigenvalue weighted by molar-refractivity contribution is 5.54. The maximum absolute atomic E-state index is 5.77. The van der Waals surface area contributed by atoms with Gasteiger partial charge in [0.1, 0.15) is 5.82 Å². The minimum atomic E-state index is 0.230. The molecule has 0 aliphatic carbocycles. The van der Waals surface area contributed by atoms with Crippen molar-refractivity contribution < 1.29 is 0 Å². The third-order valence-electron chi connectivity index (χ3n) is 7.35. The van der Waals surface area contributed by atoms with E-state index < -0.39 is 0 Å². The van der Waals surface area contributed by atoms with E-state index in [-0.39, 0.29) is 5.95 Å². The predicted octanol–water partition coefficient (Wildman–Crippen LogP) is 2.72. The largest absolute Gasteiger partial charge is 0.368 e. The maximum Gasteiger partial charge on any atom is 0.232 e. The van der Waals surface area contributed by atoms with E-state index in [1.807, 2.05) is 6.92 Å². The van der Waals surface area contributed by atoms with Gasteiger partial charge < -0.3 is 25.8 Å². The Kier molecular flexibility index (Phi) is 11.3. The van der Waals surface area contributed by atoms with Crippen LogP contribution < -0.4 is 11.1 Å². The zero-order valence-electron chi connectivity index (χ0n) is 23.1. The number of nitrogen functional groups attached to an aromatic ring is 1. The molecule has 3 rings (SSSR count). The lowest BCUT2D eigenvalue weighted by Gasteiger charge is -2.38. The molecule has 9 nitrogen and oxygen atoms in total. The zero-order chi connectivity index (χ0) is 25.9.